The van der Waals surface area contributed by atoms with Gasteiger partial charge in [-0.15, -0.1) is 11.3 Å². The van der Waals surface area contributed by atoms with E-state index in [1.54, 1.807) is 17.6 Å². The van der Waals surface area contributed by atoms with Gasteiger partial charge in [-0.1, -0.05) is 68.4 Å². The van der Waals surface area contributed by atoms with E-state index >= 15 is 0 Å². The second kappa shape index (κ2) is 9.31. The summed E-state index contributed by atoms with van der Waals surface area (Å²) in [4.78, 5) is 21.0. The molecule has 4 rings (SSSR count). The van der Waals surface area contributed by atoms with Gasteiger partial charge in [0.15, 0.2) is 0 Å². The smallest absolute Gasteiger partial charge is 0.274 e. The SMILES string of the molecule is Cc1nc(C(=O)N(Cc2ccc(C(C)C)cc2)Cc2ccco2)c(-c2ccccc2)s1. The van der Waals surface area contributed by atoms with Crippen molar-refractivity contribution in [3.05, 3.63) is 101 Å². The summed E-state index contributed by atoms with van der Waals surface area (Å²) in [6.07, 6.45) is 1.64. The second-order valence-electron chi connectivity index (χ2n) is 7.91. The number of rotatable bonds is 7. The van der Waals surface area contributed by atoms with Crippen LogP contribution in [0.25, 0.3) is 10.4 Å². The molecule has 5 heteroatoms. The van der Waals surface area contributed by atoms with E-state index in [0.717, 1.165) is 26.8 Å². The van der Waals surface area contributed by atoms with Crippen LogP contribution in [0.3, 0.4) is 0 Å². The van der Waals surface area contributed by atoms with Gasteiger partial charge in [0, 0.05) is 6.54 Å². The first kappa shape index (κ1) is 21.1. The minimum atomic E-state index is -0.0902. The number of aryl methyl sites for hydroxylation is 1. The molecule has 0 saturated carbocycles. The van der Waals surface area contributed by atoms with Gasteiger partial charge in [-0.05, 0) is 41.7 Å². The van der Waals surface area contributed by atoms with E-state index in [1.165, 1.54) is 5.56 Å². The van der Waals surface area contributed by atoms with Crippen molar-refractivity contribution in [2.24, 2.45) is 0 Å². The standard InChI is InChI=1S/C26H26N2O2S/c1-18(2)21-13-11-20(12-14-21)16-28(17-23-10-7-15-30-23)26(29)24-25(31-19(3)27-24)22-8-5-4-6-9-22/h4-15,18H,16-17H2,1-3H3. The van der Waals surface area contributed by atoms with E-state index in [4.69, 9.17) is 4.42 Å². The Morgan fingerprint density at radius 3 is 2.39 bits per heavy atom. The maximum Gasteiger partial charge on any atom is 0.274 e. The number of benzene rings is 2. The number of aromatic nitrogens is 1. The molecule has 0 aliphatic heterocycles. The van der Waals surface area contributed by atoms with Crippen LogP contribution in [0, 0.1) is 6.92 Å². The molecule has 0 radical (unpaired) electrons. The normalized spacial score (nSPS) is 11.1. The number of hydrogen-bond donors (Lipinski definition) is 0. The van der Waals surface area contributed by atoms with Gasteiger partial charge in [0.05, 0.1) is 22.7 Å². The molecule has 0 fully saturated rings. The molecule has 0 N–H and O–H groups in total. The fraction of sp³-hybridized carbons (Fsp3) is 0.231. The van der Waals surface area contributed by atoms with Crippen LogP contribution in [0.15, 0.2) is 77.4 Å². The van der Waals surface area contributed by atoms with Gasteiger partial charge >= 0.3 is 0 Å². The zero-order valence-corrected chi connectivity index (χ0v) is 18.9. The number of amides is 1. The van der Waals surface area contributed by atoms with Crippen LogP contribution < -0.4 is 0 Å². The zero-order chi connectivity index (χ0) is 21.8. The summed E-state index contributed by atoms with van der Waals surface area (Å²) in [6.45, 7) is 7.18. The molecule has 0 atom stereocenters. The van der Waals surface area contributed by atoms with Crippen molar-refractivity contribution in [3.63, 3.8) is 0 Å². The molecule has 158 valence electrons. The molecule has 1 amide bonds. The molecule has 31 heavy (non-hydrogen) atoms. The van der Waals surface area contributed by atoms with Crippen molar-refractivity contribution in [2.75, 3.05) is 0 Å². The summed E-state index contributed by atoms with van der Waals surface area (Å²) in [6, 6.07) is 22.2. The summed E-state index contributed by atoms with van der Waals surface area (Å²) in [7, 11) is 0. The van der Waals surface area contributed by atoms with Crippen LogP contribution in [0.2, 0.25) is 0 Å². The third kappa shape index (κ3) is 4.94. The van der Waals surface area contributed by atoms with Crippen LogP contribution in [-0.2, 0) is 13.1 Å². The molecule has 2 aromatic heterocycles. The average Bonchev–Trinajstić information content (AvgIpc) is 3.43. The number of carbonyl (C=O) groups is 1. The topological polar surface area (TPSA) is 46.3 Å². The van der Waals surface area contributed by atoms with Crippen molar-refractivity contribution < 1.29 is 9.21 Å². The fourth-order valence-electron chi connectivity index (χ4n) is 3.53. The molecule has 2 aromatic carbocycles. The predicted octanol–water partition coefficient (Wildman–Crippen LogP) is 6.68. The van der Waals surface area contributed by atoms with Gasteiger partial charge in [-0.3, -0.25) is 4.79 Å². The summed E-state index contributed by atoms with van der Waals surface area (Å²) < 4.78 is 5.55. The van der Waals surface area contributed by atoms with Gasteiger partial charge in [0.1, 0.15) is 11.5 Å². The van der Waals surface area contributed by atoms with E-state index in [9.17, 15) is 4.79 Å². The lowest BCUT2D eigenvalue weighted by atomic mass is 10.0. The molecule has 2 heterocycles. The first-order valence-corrected chi connectivity index (χ1v) is 11.3. The highest BCUT2D eigenvalue weighted by Gasteiger charge is 2.25. The average molecular weight is 431 g/mol. The number of carbonyl (C=O) groups excluding carboxylic acids is 1. The molecule has 4 nitrogen and oxygen atoms in total. The maximum atomic E-state index is 13.7. The second-order valence-corrected chi connectivity index (χ2v) is 9.12. The first-order valence-electron chi connectivity index (χ1n) is 10.4. The Balaban J connectivity index is 1.66. The summed E-state index contributed by atoms with van der Waals surface area (Å²) in [5, 5.41) is 0.876. The molecule has 0 aliphatic carbocycles. The van der Waals surface area contributed by atoms with Crippen LogP contribution in [0.5, 0.6) is 0 Å². The van der Waals surface area contributed by atoms with Gasteiger partial charge < -0.3 is 9.32 Å². The van der Waals surface area contributed by atoms with Crippen molar-refractivity contribution in [1.29, 1.82) is 0 Å². The number of hydrogen-bond acceptors (Lipinski definition) is 4. The lowest BCUT2D eigenvalue weighted by molar-refractivity contribution is 0.0713. The van der Waals surface area contributed by atoms with Crippen molar-refractivity contribution >= 4 is 17.2 Å². The molecular formula is C26H26N2O2S. The fourth-order valence-corrected chi connectivity index (χ4v) is 4.44. The number of thiazole rings is 1. The largest absolute Gasteiger partial charge is 0.467 e. The Morgan fingerprint density at radius 1 is 1.00 bits per heavy atom. The van der Waals surface area contributed by atoms with Gasteiger partial charge in [-0.25, -0.2) is 4.98 Å². The van der Waals surface area contributed by atoms with Gasteiger partial charge in [0.25, 0.3) is 5.91 Å². The highest BCUT2D eigenvalue weighted by atomic mass is 32.1. The van der Waals surface area contributed by atoms with E-state index in [0.29, 0.717) is 24.7 Å². The molecule has 0 unspecified atom stereocenters. The third-order valence-electron chi connectivity index (χ3n) is 5.21. The molecule has 4 aromatic rings. The number of nitrogens with zero attached hydrogens (tertiary/aromatic N) is 2. The maximum absolute atomic E-state index is 13.7. The lowest BCUT2D eigenvalue weighted by Gasteiger charge is -2.22. The van der Waals surface area contributed by atoms with Crippen LogP contribution in [-0.4, -0.2) is 15.8 Å². The van der Waals surface area contributed by atoms with E-state index in [2.05, 4.69) is 43.1 Å². The van der Waals surface area contributed by atoms with Crippen molar-refractivity contribution in [1.82, 2.24) is 9.88 Å². The Hall–Kier alpha value is -3.18. The summed E-state index contributed by atoms with van der Waals surface area (Å²) >= 11 is 1.55. The Morgan fingerprint density at radius 2 is 1.74 bits per heavy atom. The Bertz CT molecular complexity index is 1130. The highest BCUT2D eigenvalue weighted by Crippen LogP contribution is 2.31. The monoisotopic (exact) mass is 430 g/mol. The lowest BCUT2D eigenvalue weighted by Crippen LogP contribution is -2.30. The van der Waals surface area contributed by atoms with Crippen molar-refractivity contribution in [2.45, 2.75) is 39.8 Å². The zero-order valence-electron chi connectivity index (χ0n) is 18.0. The minimum absolute atomic E-state index is 0.0902. The molecular weight excluding hydrogens is 404 g/mol. The van der Waals surface area contributed by atoms with E-state index in [1.807, 2.05) is 54.3 Å². The molecule has 0 aliphatic rings. The quantitative estimate of drug-likeness (QED) is 0.329. The Kier molecular flexibility index (Phi) is 6.33. The third-order valence-corrected chi connectivity index (χ3v) is 6.23. The van der Waals surface area contributed by atoms with Crippen molar-refractivity contribution in [3.8, 4) is 10.4 Å². The molecule has 0 spiro atoms. The van der Waals surface area contributed by atoms with Crippen LogP contribution >= 0.6 is 11.3 Å². The molecule has 0 bridgehead atoms. The summed E-state index contributed by atoms with van der Waals surface area (Å²) in [5.74, 6) is 1.13. The Labute approximate surface area is 187 Å². The predicted molar refractivity (Wildman–Crippen MR) is 125 cm³/mol. The number of furan rings is 1. The highest BCUT2D eigenvalue weighted by molar-refractivity contribution is 7.15. The first-order chi connectivity index (χ1) is 15.0. The van der Waals surface area contributed by atoms with Gasteiger partial charge in [-0.2, -0.15) is 0 Å². The van der Waals surface area contributed by atoms with E-state index in [-0.39, 0.29) is 5.91 Å². The van der Waals surface area contributed by atoms with Gasteiger partial charge in [0.2, 0.25) is 0 Å². The minimum Gasteiger partial charge on any atom is -0.467 e. The summed E-state index contributed by atoms with van der Waals surface area (Å²) in [5.41, 5.74) is 3.88. The molecule has 0 saturated heterocycles. The van der Waals surface area contributed by atoms with Crippen LogP contribution in [0.4, 0.5) is 0 Å². The van der Waals surface area contributed by atoms with Crippen LogP contribution in [0.1, 0.15) is 52.1 Å². The van der Waals surface area contributed by atoms with E-state index < -0.39 is 0 Å².